The molecule has 1 aromatic heterocycles. The molecule has 0 spiro atoms. The molecule has 0 amide bonds. The van der Waals surface area contributed by atoms with E-state index in [1.165, 1.54) is 66.0 Å². The number of nitrogens with zero attached hydrogens (tertiary/aromatic N) is 2. The summed E-state index contributed by atoms with van der Waals surface area (Å²) in [7, 11) is 0. The van der Waals surface area contributed by atoms with E-state index in [4.69, 9.17) is 0 Å². The molecule has 1 heterocycles. The van der Waals surface area contributed by atoms with Crippen LogP contribution in [0.4, 0.5) is 17.1 Å². The van der Waals surface area contributed by atoms with Crippen LogP contribution in [0.5, 0.6) is 0 Å². The zero-order chi connectivity index (χ0) is 34.1. The number of fused-ring (bicyclic) bond motifs is 7. The van der Waals surface area contributed by atoms with Gasteiger partial charge in [-0.2, -0.15) is 0 Å². The fraction of sp³-hybridized carbons (Fsp3) is 0.0612. The molecule has 1 aliphatic rings. The van der Waals surface area contributed by atoms with Crippen LogP contribution in [0, 0.1) is 0 Å². The average molecular weight is 653 g/mol. The van der Waals surface area contributed by atoms with Crippen molar-refractivity contribution in [3.8, 4) is 27.9 Å². The van der Waals surface area contributed by atoms with E-state index in [1.807, 2.05) is 0 Å². The third kappa shape index (κ3) is 4.64. The Balaban J connectivity index is 1.13. The highest BCUT2D eigenvalue weighted by atomic mass is 15.1. The van der Waals surface area contributed by atoms with Crippen molar-refractivity contribution < 1.29 is 0 Å². The van der Waals surface area contributed by atoms with Crippen LogP contribution in [0.15, 0.2) is 182 Å². The Morgan fingerprint density at radius 1 is 0.412 bits per heavy atom. The number of benzene rings is 8. The molecule has 1 aliphatic carbocycles. The molecule has 0 saturated heterocycles. The second-order valence-electron chi connectivity index (χ2n) is 14.2. The van der Waals surface area contributed by atoms with Crippen molar-refractivity contribution in [2.75, 3.05) is 4.90 Å². The van der Waals surface area contributed by atoms with Gasteiger partial charge in [-0.3, -0.25) is 0 Å². The Kier molecular flexibility index (Phi) is 6.56. The van der Waals surface area contributed by atoms with E-state index in [-0.39, 0.29) is 5.41 Å². The highest BCUT2D eigenvalue weighted by Gasteiger charge is 2.35. The Labute approximate surface area is 298 Å². The summed E-state index contributed by atoms with van der Waals surface area (Å²) in [6.07, 6.45) is 0. The summed E-state index contributed by atoms with van der Waals surface area (Å²) in [4.78, 5) is 2.42. The van der Waals surface area contributed by atoms with Crippen molar-refractivity contribution in [1.82, 2.24) is 4.57 Å². The van der Waals surface area contributed by atoms with Crippen LogP contribution in [-0.4, -0.2) is 4.57 Å². The average Bonchev–Trinajstić information content (AvgIpc) is 3.64. The molecule has 0 unspecified atom stereocenters. The number of aromatic nitrogens is 1. The highest BCUT2D eigenvalue weighted by Crippen LogP contribution is 2.50. The van der Waals surface area contributed by atoms with Gasteiger partial charge in [0.05, 0.1) is 11.0 Å². The number of para-hydroxylation sites is 2. The first-order chi connectivity index (χ1) is 25.0. The quantitative estimate of drug-likeness (QED) is 0.180. The summed E-state index contributed by atoms with van der Waals surface area (Å²) < 4.78 is 2.38. The number of hydrogen-bond donors (Lipinski definition) is 0. The van der Waals surface area contributed by atoms with Gasteiger partial charge in [0, 0.05) is 38.9 Å². The Morgan fingerprint density at radius 3 is 1.80 bits per heavy atom. The molecule has 242 valence electrons. The lowest BCUT2D eigenvalue weighted by Gasteiger charge is -2.28. The van der Waals surface area contributed by atoms with Gasteiger partial charge in [-0.1, -0.05) is 129 Å². The van der Waals surface area contributed by atoms with Crippen LogP contribution in [0.2, 0.25) is 0 Å². The summed E-state index contributed by atoms with van der Waals surface area (Å²) in [6.45, 7) is 4.71. The standard InChI is InChI=1S/C49H36N2/c1-49(2)45-19-8-5-16-41(45)42-29-28-40(32-46(42)49)50(39-15-11-14-35(31-39)36-23-22-33-12-3-4-13-34(33)30-36)37-24-26-38(27-25-37)51-47-20-9-6-17-43(47)44-18-7-10-21-48(44)51/h3-32H,1-2H3. The predicted molar refractivity (Wildman–Crippen MR) is 216 cm³/mol. The van der Waals surface area contributed by atoms with Crippen molar-refractivity contribution >= 4 is 49.6 Å². The molecule has 0 saturated carbocycles. The molecule has 51 heavy (non-hydrogen) atoms. The zero-order valence-electron chi connectivity index (χ0n) is 28.7. The smallest absolute Gasteiger partial charge is 0.0541 e. The highest BCUT2D eigenvalue weighted by molar-refractivity contribution is 6.09. The Hall–Kier alpha value is -6.38. The van der Waals surface area contributed by atoms with Crippen LogP contribution in [0.3, 0.4) is 0 Å². The summed E-state index contributed by atoms with van der Waals surface area (Å²) >= 11 is 0. The first-order valence-electron chi connectivity index (χ1n) is 17.8. The first kappa shape index (κ1) is 29.5. The van der Waals surface area contributed by atoms with Crippen LogP contribution < -0.4 is 4.90 Å². The summed E-state index contributed by atoms with van der Waals surface area (Å²) in [5.74, 6) is 0. The van der Waals surface area contributed by atoms with Gasteiger partial charge in [0.15, 0.2) is 0 Å². The maximum atomic E-state index is 2.42. The fourth-order valence-electron chi connectivity index (χ4n) is 8.42. The summed E-state index contributed by atoms with van der Waals surface area (Å²) in [6, 6.07) is 66.7. The van der Waals surface area contributed by atoms with Crippen molar-refractivity contribution in [2.45, 2.75) is 19.3 Å². The monoisotopic (exact) mass is 652 g/mol. The second-order valence-corrected chi connectivity index (χ2v) is 14.2. The van der Waals surface area contributed by atoms with Crippen molar-refractivity contribution in [3.63, 3.8) is 0 Å². The van der Waals surface area contributed by atoms with E-state index in [0.717, 1.165) is 22.7 Å². The molecule has 2 heteroatoms. The summed E-state index contributed by atoms with van der Waals surface area (Å²) in [5.41, 5.74) is 14.7. The van der Waals surface area contributed by atoms with Gasteiger partial charge in [0.2, 0.25) is 0 Å². The molecule has 0 N–H and O–H groups in total. The van der Waals surface area contributed by atoms with Crippen molar-refractivity contribution in [1.29, 1.82) is 0 Å². The Morgan fingerprint density at radius 2 is 1.02 bits per heavy atom. The molecule has 8 aromatic carbocycles. The number of hydrogen-bond acceptors (Lipinski definition) is 1. The van der Waals surface area contributed by atoms with Crippen LogP contribution in [0.1, 0.15) is 25.0 Å². The van der Waals surface area contributed by atoms with E-state index in [2.05, 4.69) is 205 Å². The van der Waals surface area contributed by atoms with Crippen LogP contribution in [0.25, 0.3) is 60.5 Å². The molecule has 0 fully saturated rings. The van der Waals surface area contributed by atoms with Gasteiger partial charge in [0.1, 0.15) is 0 Å². The number of rotatable bonds is 5. The van der Waals surface area contributed by atoms with Crippen LogP contribution >= 0.6 is 0 Å². The molecule has 0 bridgehead atoms. The van der Waals surface area contributed by atoms with Gasteiger partial charge in [-0.05, 0) is 111 Å². The molecule has 0 radical (unpaired) electrons. The van der Waals surface area contributed by atoms with Crippen LogP contribution in [-0.2, 0) is 5.41 Å². The van der Waals surface area contributed by atoms with E-state index in [9.17, 15) is 0 Å². The molecule has 2 nitrogen and oxygen atoms in total. The summed E-state index contributed by atoms with van der Waals surface area (Å²) in [5, 5.41) is 5.04. The molecule has 0 atom stereocenters. The normalized spacial score (nSPS) is 13.1. The Bertz CT molecular complexity index is 2730. The molecular formula is C49H36N2. The van der Waals surface area contributed by atoms with E-state index in [1.54, 1.807) is 0 Å². The van der Waals surface area contributed by atoms with Gasteiger partial charge in [-0.15, -0.1) is 0 Å². The van der Waals surface area contributed by atoms with Gasteiger partial charge < -0.3 is 9.47 Å². The topological polar surface area (TPSA) is 8.17 Å². The van der Waals surface area contributed by atoms with Gasteiger partial charge >= 0.3 is 0 Å². The molecular weight excluding hydrogens is 617 g/mol. The minimum Gasteiger partial charge on any atom is -0.310 e. The fourth-order valence-corrected chi connectivity index (χ4v) is 8.42. The molecule has 0 aliphatic heterocycles. The minimum atomic E-state index is -0.0963. The minimum absolute atomic E-state index is 0.0963. The van der Waals surface area contributed by atoms with Gasteiger partial charge in [0.25, 0.3) is 0 Å². The van der Waals surface area contributed by atoms with E-state index < -0.39 is 0 Å². The van der Waals surface area contributed by atoms with Crippen molar-refractivity contribution in [3.05, 3.63) is 193 Å². The first-order valence-corrected chi connectivity index (χ1v) is 17.8. The molecule has 9 aromatic rings. The maximum absolute atomic E-state index is 2.42. The third-order valence-electron chi connectivity index (χ3n) is 11.0. The maximum Gasteiger partial charge on any atom is 0.0541 e. The lowest BCUT2D eigenvalue weighted by molar-refractivity contribution is 0.660. The zero-order valence-corrected chi connectivity index (χ0v) is 28.7. The lowest BCUT2D eigenvalue weighted by Crippen LogP contribution is -2.16. The largest absolute Gasteiger partial charge is 0.310 e. The second kappa shape index (κ2) is 11.3. The molecule has 10 rings (SSSR count). The predicted octanol–water partition coefficient (Wildman–Crippen LogP) is 13.4. The SMILES string of the molecule is CC1(C)c2ccccc2-c2ccc(N(c3ccc(-n4c5ccccc5c5ccccc54)cc3)c3cccc(-c4ccc5ccccc5c4)c3)cc21. The third-order valence-corrected chi connectivity index (χ3v) is 11.0. The van der Waals surface area contributed by atoms with Gasteiger partial charge in [-0.25, -0.2) is 0 Å². The number of anilines is 3. The van der Waals surface area contributed by atoms with E-state index >= 15 is 0 Å². The lowest BCUT2D eigenvalue weighted by atomic mass is 9.82. The van der Waals surface area contributed by atoms with E-state index in [0.29, 0.717) is 0 Å². The van der Waals surface area contributed by atoms with Crippen molar-refractivity contribution in [2.24, 2.45) is 0 Å².